The number of hydrogen-bond acceptors (Lipinski definition) is 6. The van der Waals surface area contributed by atoms with Crippen LogP contribution in [0.5, 0.6) is 0 Å². The van der Waals surface area contributed by atoms with Gasteiger partial charge >= 0.3 is 0 Å². The summed E-state index contributed by atoms with van der Waals surface area (Å²) in [6.45, 7) is 0.980. The van der Waals surface area contributed by atoms with Crippen molar-refractivity contribution in [1.82, 2.24) is 10.3 Å². The molecule has 8 heteroatoms. The van der Waals surface area contributed by atoms with Crippen LogP contribution in [-0.2, 0) is 10.8 Å². The van der Waals surface area contributed by atoms with Gasteiger partial charge in [0.2, 0.25) is 0 Å². The second-order valence-electron chi connectivity index (χ2n) is 4.69. The molecule has 0 aliphatic carbocycles. The van der Waals surface area contributed by atoms with E-state index in [-0.39, 0.29) is 11.7 Å². The molecule has 1 saturated heterocycles. The van der Waals surface area contributed by atoms with E-state index in [0.717, 1.165) is 24.1 Å². The summed E-state index contributed by atoms with van der Waals surface area (Å²) in [5.41, 5.74) is 0.560. The van der Waals surface area contributed by atoms with Crippen molar-refractivity contribution in [3.63, 3.8) is 0 Å². The first-order valence-electron chi connectivity index (χ1n) is 6.30. The largest absolute Gasteiger partial charge is 0.313 e. The van der Waals surface area contributed by atoms with Crippen LogP contribution in [0.15, 0.2) is 22.5 Å². The van der Waals surface area contributed by atoms with Gasteiger partial charge in [-0.1, -0.05) is 0 Å². The third kappa shape index (κ3) is 2.72. The summed E-state index contributed by atoms with van der Waals surface area (Å²) in [7, 11) is -1.15. The monoisotopic (exact) mass is 311 g/mol. The molecule has 0 amide bonds. The number of aromatic nitrogens is 1. The fourth-order valence-corrected chi connectivity index (χ4v) is 4.77. The number of hydrogen-bond donors (Lipinski definition) is 1. The van der Waals surface area contributed by atoms with Gasteiger partial charge in [0, 0.05) is 23.9 Å². The number of nitro groups is 1. The molecule has 1 aliphatic rings. The number of rotatable bonds is 4. The van der Waals surface area contributed by atoms with Crippen LogP contribution in [0.4, 0.5) is 5.69 Å². The van der Waals surface area contributed by atoms with E-state index in [1.807, 2.05) is 0 Å². The van der Waals surface area contributed by atoms with Crippen molar-refractivity contribution in [3.8, 4) is 0 Å². The van der Waals surface area contributed by atoms with Crippen LogP contribution in [0.3, 0.4) is 0 Å². The zero-order valence-corrected chi connectivity index (χ0v) is 12.2. The van der Waals surface area contributed by atoms with Gasteiger partial charge in [0.25, 0.3) is 5.69 Å². The highest BCUT2D eigenvalue weighted by atomic mass is 32.2. The Bertz CT molecular complexity index is 680. The molecule has 0 bridgehead atoms. The third-order valence-corrected chi connectivity index (χ3v) is 6.10. The predicted molar refractivity (Wildman–Crippen MR) is 78.6 cm³/mol. The Balaban J connectivity index is 1.84. The first-order valence-corrected chi connectivity index (χ1v) is 8.44. The lowest BCUT2D eigenvalue weighted by atomic mass is 10.3. The number of nitrogens with one attached hydrogen (secondary N) is 1. The quantitative estimate of drug-likeness (QED) is 0.690. The van der Waals surface area contributed by atoms with E-state index >= 15 is 0 Å². The molecule has 1 aromatic heterocycles. The summed E-state index contributed by atoms with van der Waals surface area (Å²) in [5.74, 6) is 0.557. The van der Waals surface area contributed by atoms with Crippen molar-refractivity contribution in [2.24, 2.45) is 0 Å². The first-order chi connectivity index (χ1) is 9.63. The highest BCUT2D eigenvalue weighted by molar-refractivity contribution is 7.87. The number of non-ortho nitro benzene ring substituents is 1. The van der Waals surface area contributed by atoms with E-state index in [9.17, 15) is 14.3 Å². The van der Waals surface area contributed by atoms with Crippen LogP contribution in [0.1, 0.15) is 12.8 Å². The van der Waals surface area contributed by atoms with Crippen molar-refractivity contribution in [1.29, 1.82) is 0 Å². The molecular formula is C12H13N3O3S2. The molecule has 3 rings (SSSR count). The van der Waals surface area contributed by atoms with E-state index < -0.39 is 15.7 Å². The van der Waals surface area contributed by atoms with Gasteiger partial charge in [-0.25, -0.2) is 4.98 Å². The third-order valence-electron chi connectivity index (χ3n) is 3.27. The predicted octanol–water partition coefficient (Wildman–Crippen LogP) is 2.06. The van der Waals surface area contributed by atoms with Crippen LogP contribution < -0.4 is 5.32 Å². The average Bonchev–Trinajstić information content (AvgIpc) is 3.05. The van der Waals surface area contributed by atoms with Crippen molar-refractivity contribution < 1.29 is 9.13 Å². The van der Waals surface area contributed by atoms with Crippen molar-refractivity contribution >= 4 is 38.0 Å². The van der Waals surface area contributed by atoms with Gasteiger partial charge in [-0.15, -0.1) is 11.3 Å². The molecule has 1 fully saturated rings. The minimum absolute atomic E-state index is 0.0117. The van der Waals surface area contributed by atoms with Crippen LogP contribution in [0.2, 0.25) is 0 Å². The minimum Gasteiger partial charge on any atom is -0.313 e. The molecular weight excluding hydrogens is 298 g/mol. The fraction of sp³-hybridized carbons (Fsp3) is 0.417. The van der Waals surface area contributed by atoms with E-state index in [4.69, 9.17) is 0 Å². The molecule has 2 atom stereocenters. The Morgan fingerprint density at radius 1 is 1.55 bits per heavy atom. The normalized spacial score (nSPS) is 20.3. The number of thiazole rings is 1. The van der Waals surface area contributed by atoms with E-state index in [1.165, 1.54) is 23.5 Å². The van der Waals surface area contributed by atoms with Crippen LogP contribution in [0, 0.1) is 10.1 Å². The summed E-state index contributed by atoms with van der Waals surface area (Å²) in [6, 6.07) is 4.84. The van der Waals surface area contributed by atoms with Gasteiger partial charge in [-0.3, -0.25) is 14.3 Å². The number of fused-ring (bicyclic) bond motifs is 1. The summed E-state index contributed by atoms with van der Waals surface area (Å²) in [4.78, 5) is 14.6. The SMILES string of the molecule is O=[N+]([O-])c1ccc2sc([S@@](=O)C[C@@H]3CCCN3)nc2c1. The van der Waals surface area contributed by atoms with Gasteiger partial charge in [0.15, 0.2) is 4.34 Å². The van der Waals surface area contributed by atoms with Gasteiger partial charge < -0.3 is 5.32 Å². The Labute approximate surface area is 121 Å². The van der Waals surface area contributed by atoms with Gasteiger partial charge in [-0.05, 0) is 25.5 Å². The van der Waals surface area contributed by atoms with Crippen molar-refractivity contribution in [2.45, 2.75) is 23.2 Å². The van der Waals surface area contributed by atoms with Crippen LogP contribution in [-0.4, -0.2) is 32.5 Å². The standard InChI is InChI=1S/C12H13N3O3S2/c16-15(17)9-3-4-11-10(6-9)14-12(19-11)20(18)7-8-2-1-5-13-8/h3-4,6,8,13H,1-2,5,7H2/t8-,20-/m0/s1. The molecule has 0 unspecified atom stereocenters. The highest BCUT2D eigenvalue weighted by Gasteiger charge is 2.20. The molecule has 1 aromatic carbocycles. The zero-order valence-electron chi connectivity index (χ0n) is 10.6. The lowest BCUT2D eigenvalue weighted by Gasteiger charge is -2.07. The van der Waals surface area contributed by atoms with Crippen molar-refractivity contribution in [2.75, 3.05) is 12.3 Å². The molecule has 2 aromatic rings. The Morgan fingerprint density at radius 2 is 2.40 bits per heavy atom. The molecule has 0 spiro atoms. The molecule has 106 valence electrons. The summed E-state index contributed by atoms with van der Waals surface area (Å²) in [5, 5.41) is 14.0. The lowest BCUT2D eigenvalue weighted by molar-refractivity contribution is -0.384. The van der Waals surface area contributed by atoms with E-state index in [0.29, 0.717) is 15.6 Å². The Morgan fingerprint density at radius 3 is 3.10 bits per heavy atom. The van der Waals surface area contributed by atoms with E-state index in [1.54, 1.807) is 6.07 Å². The maximum Gasteiger partial charge on any atom is 0.271 e. The zero-order chi connectivity index (χ0) is 14.1. The lowest BCUT2D eigenvalue weighted by Crippen LogP contribution is -2.27. The highest BCUT2D eigenvalue weighted by Crippen LogP contribution is 2.28. The Kier molecular flexibility index (Phi) is 3.77. The number of nitrogens with zero attached hydrogens (tertiary/aromatic N) is 2. The second-order valence-corrected chi connectivity index (χ2v) is 7.39. The molecule has 1 N–H and O–H groups in total. The molecule has 1 aliphatic heterocycles. The number of nitro benzene ring substituents is 1. The fourth-order valence-electron chi connectivity index (χ4n) is 2.26. The first kappa shape index (κ1) is 13.6. The maximum absolute atomic E-state index is 12.3. The summed E-state index contributed by atoms with van der Waals surface area (Å²) < 4.78 is 13.7. The van der Waals surface area contributed by atoms with Crippen LogP contribution in [0.25, 0.3) is 10.2 Å². The average molecular weight is 311 g/mol. The minimum atomic E-state index is -1.15. The van der Waals surface area contributed by atoms with E-state index in [2.05, 4.69) is 10.3 Å². The number of benzene rings is 1. The topological polar surface area (TPSA) is 85.1 Å². The molecule has 0 saturated carbocycles. The summed E-state index contributed by atoms with van der Waals surface area (Å²) >= 11 is 1.35. The second kappa shape index (κ2) is 5.55. The van der Waals surface area contributed by atoms with Crippen molar-refractivity contribution in [3.05, 3.63) is 28.3 Å². The Hall–Kier alpha value is -1.38. The molecule has 0 radical (unpaired) electrons. The summed E-state index contributed by atoms with van der Waals surface area (Å²) in [6.07, 6.45) is 2.16. The van der Waals surface area contributed by atoms with Gasteiger partial charge in [0.1, 0.15) is 0 Å². The molecule has 6 nitrogen and oxygen atoms in total. The molecule has 20 heavy (non-hydrogen) atoms. The smallest absolute Gasteiger partial charge is 0.271 e. The van der Waals surface area contributed by atoms with Gasteiger partial charge in [-0.2, -0.15) is 0 Å². The van der Waals surface area contributed by atoms with Crippen LogP contribution >= 0.6 is 11.3 Å². The molecule has 2 heterocycles. The van der Waals surface area contributed by atoms with Gasteiger partial charge in [0.05, 0.1) is 25.9 Å². The maximum atomic E-state index is 12.3.